The zero-order valence-corrected chi connectivity index (χ0v) is 8.15. The highest BCUT2D eigenvalue weighted by atomic mass is 16.4. The van der Waals surface area contributed by atoms with Crippen molar-refractivity contribution in [3.8, 4) is 0 Å². The smallest absolute Gasteiger partial charge is 0.408 e. The Labute approximate surface area is 80.9 Å². The normalized spacial score (nSPS) is 11.4. The first-order valence-electron chi connectivity index (χ1n) is 4.50. The van der Waals surface area contributed by atoms with Crippen molar-refractivity contribution in [2.75, 3.05) is 5.73 Å². The first-order valence-corrected chi connectivity index (χ1v) is 4.50. The number of oxazole rings is 1. The largest absolute Gasteiger partial charge is 0.420 e. The molecule has 0 saturated carbocycles. The fraction of sp³-hybridized carbons (Fsp3) is 0.300. The van der Waals surface area contributed by atoms with Crippen LogP contribution >= 0.6 is 0 Å². The van der Waals surface area contributed by atoms with Gasteiger partial charge in [-0.05, 0) is 32.0 Å². The Morgan fingerprint density at radius 1 is 1.43 bits per heavy atom. The van der Waals surface area contributed by atoms with Crippen LogP contribution in [0, 0.1) is 0 Å². The first-order chi connectivity index (χ1) is 6.59. The molecule has 4 nitrogen and oxygen atoms in total. The van der Waals surface area contributed by atoms with Crippen LogP contribution in [-0.2, 0) is 0 Å². The summed E-state index contributed by atoms with van der Waals surface area (Å²) in [5.74, 6) is -0.333. The van der Waals surface area contributed by atoms with Gasteiger partial charge in [-0.1, -0.05) is 0 Å². The van der Waals surface area contributed by atoms with Crippen molar-refractivity contribution in [2.45, 2.75) is 19.9 Å². The number of hydrogen-bond acceptors (Lipinski definition) is 3. The molecule has 0 radical (unpaired) electrons. The molecule has 0 unspecified atom stereocenters. The molecule has 0 aliphatic rings. The Hall–Kier alpha value is -1.71. The molecular weight excluding hydrogens is 180 g/mol. The van der Waals surface area contributed by atoms with Gasteiger partial charge in [0.15, 0.2) is 5.58 Å². The molecule has 14 heavy (non-hydrogen) atoms. The number of nitrogens with zero attached hydrogens (tertiary/aromatic N) is 1. The van der Waals surface area contributed by atoms with Gasteiger partial charge in [0.05, 0.1) is 5.52 Å². The van der Waals surface area contributed by atoms with Crippen LogP contribution in [0.4, 0.5) is 5.69 Å². The quantitative estimate of drug-likeness (QED) is 0.700. The van der Waals surface area contributed by atoms with E-state index in [9.17, 15) is 4.79 Å². The minimum absolute atomic E-state index is 0.0746. The minimum atomic E-state index is -0.333. The molecule has 2 N–H and O–H groups in total. The minimum Gasteiger partial charge on any atom is -0.408 e. The van der Waals surface area contributed by atoms with E-state index >= 15 is 0 Å². The maximum Gasteiger partial charge on any atom is 0.420 e. The molecule has 4 heteroatoms. The predicted octanol–water partition coefficient (Wildman–Crippen LogP) is 1.76. The van der Waals surface area contributed by atoms with Crippen LogP contribution in [0.2, 0.25) is 0 Å². The van der Waals surface area contributed by atoms with Crippen molar-refractivity contribution in [1.29, 1.82) is 0 Å². The second-order valence-corrected chi connectivity index (χ2v) is 3.56. The molecule has 74 valence electrons. The predicted molar refractivity (Wildman–Crippen MR) is 55.3 cm³/mol. The highest BCUT2D eigenvalue weighted by molar-refractivity contribution is 5.77. The van der Waals surface area contributed by atoms with Gasteiger partial charge in [-0.2, -0.15) is 0 Å². The fourth-order valence-electron chi connectivity index (χ4n) is 1.54. The summed E-state index contributed by atoms with van der Waals surface area (Å²) in [6.45, 7) is 3.86. The zero-order chi connectivity index (χ0) is 10.3. The van der Waals surface area contributed by atoms with Gasteiger partial charge in [-0.15, -0.1) is 0 Å². The van der Waals surface area contributed by atoms with E-state index in [-0.39, 0.29) is 11.8 Å². The van der Waals surface area contributed by atoms with E-state index in [0.29, 0.717) is 11.3 Å². The van der Waals surface area contributed by atoms with Crippen molar-refractivity contribution in [3.05, 3.63) is 28.7 Å². The molecule has 0 bridgehead atoms. The molecule has 2 rings (SSSR count). The van der Waals surface area contributed by atoms with E-state index in [1.54, 1.807) is 22.8 Å². The third-order valence-electron chi connectivity index (χ3n) is 2.15. The SMILES string of the molecule is CC(C)n1c(=O)oc2ccc(N)cc21. The molecule has 1 heterocycles. The van der Waals surface area contributed by atoms with Crippen LogP contribution in [0.25, 0.3) is 11.1 Å². The molecule has 0 fully saturated rings. The Morgan fingerprint density at radius 3 is 2.79 bits per heavy atom. The number of nitrogen functional groups attached to an aromatic ring is 1. The van der Waals surface area contributed by atoms with Crippen molar-refractivity contribution in [2.24, 2.45) is 0 Å². The number of rotatable bonds is 1. The van der Waals surface area contributed by atoms with E-state index in [0.717, 1.165) is 5.52 Å². The van der Waals surface area contributed by atoms with E-state index in [2.05, 4.69) is 0 Å². The summed E-state index contributed by atoms with van der Waals surface area (Å²) >= 11 is 0. The number of nitrogens with two attached hydrogens (primary N) is 1. The van der Waals surface area contributed by atoms with E-state index < -0.39 is 0 Å². The lowest BCUT2D eigenvalue weighted by molar-refractivity contribution is 0.478. The van der Waals surface area contributed by atoms with Crippen molar-refractivity contribution >= 4 is 16.8 Å². The van der Waals surface area contributed by atoms with Crippen LogP contribution in [0.5, 0.6) is 0 Å². The average Bonchev–Trinajstić information content (AvgIpc) is 2.40. The van der Waals surface area contributed by atoms with Gasteiger partial charge in [0.25, 0.3) is 0 Å². The number of fused-ring (bicyclic) bond motifs is 1. The number of aromatic nitrogens is 1. The standard InChI is InChI=1S/C10H12N2O2/c1-6(2)12-8-5-7(11)3-4-9(8)14-10(12)13/h3-6H,11H2,1-2H3. The molecular formula is C10H12N2O2. The van der Waals surface area contributed by atoms with Gasteiger partial charge in [0.1, 0.15) is 0 Å². The summed E-state index contributed by atoms with van der Waals surface area (Å²) in [5.41, 5.74) is 7.61. The van der Waals surface area contributed by atoms with Gasteiger partial charge < -0.3 is 10.2 Å². The maximum atomic E-state index is 11.4. The zero-order valence-electron chi connectivity index (χ0n) is 8.15. The second-order valence-electron chi connectivity index (χ2n) is 3.56. The fourth-order valence-corrected chi connectivity index (χ4v) is 1.54. The third kappa shape index (κ3) is 1.19. The van der Waals surface area contributed by atoms with E-state index in [4.69, 9.17) is 10.2 Å². The number of hydrogen-bond donors (Lipinski definition) is 1. The molecule has 0 aliphatic carbocycles. The van der Waals surface area contributed by atoms with Gasteiger partial charge in [-0.3, -0.25) is 4.57 Å². The third-order valence-corrected chi connectivity index (χ3v) is 2.15. The molecule has 0 aliphatic heterocycles. The summed E-state index contributed by atoms with van der Waals surface area (Å²) < 4.78 is 6.66. The molecule has 1 aromatic carbocycles. The van der Waals surface area contributed by atoms with E-state index in [1.807, 2.05) is 13.8 Å². The monoisotopic (exact) mass is 192 g/mol. The van der Waals surface area contributed by atoms with Crippen LogP contribution < -0.4 is 11.5 Å². The van der Waals surface area contributed by atoms with E-state index in [1.165, 1.54) is 0 Å². The molecule has 0 saturated heterocycles. The molecule has 1 aromatic heterocycles. The lowest BCUT2D eigenvalue weighted by atomic mass is 10.2. The van der Waals surface area contributed by atoms with Crippen molar-refractivity contribution in [3.63, 3.8) is 0 Å². The molecule has 2 aromatic rings. The summed E-state index contributed by atoms with van der Waals surface area (Å²) in [6, 6.07) is 5.26. The van der Waals surface area contributed by atoms with Crippen molar-refractivity contribution in [1.82, 2.24) is 4.57 Å². The van der Waals surface area contributed by atoms with Crippen LogP contribution in [0.15, 0.2) is 27.4 Å². The number of benzene rings is 1. The molecule has 0 spiro atoms. The highest BCUT2D eigenvalue weighted by Crippen LogP contribution is 2.19. The Balaban J connectivity index is 2.86. The van der Waals surface area contributed by atoms with Gasteiger partial charge in [-0.25, -0.2) is 4.79 Å². The average molecular weight is 192 g/mol. The lowest BCUT2D eigenvalue weighted by Crippen LogP contribution is -2.15. The second kappa shape index (κ2) is 2.90. The van der Waals surface area contributed by atoms with Gasteiger partial charge >= 0.3 is 5.76 Å². The highest BCUT2D eigenvalue weighted by Gasteiger charge is 2.11. The van der Waals surface area contributed by atoms with Crippen LogP contribution in [-0.4, -0.2) is 4.57 Å². The van der Waals surface area contributed by atoms with Gasteiger partial charge in [0, 0.05) is 11.7 Å². The molecule has 0 atom stereocenters. The Bertz CT molecular complexity index is 522. The van der Waals surface area contributed by atoms with Crippen LogP contribution in [0.1, 0.15) is 19.9 Å². The summed E-state index contributed by atoms with van der Waals surface area (Å²) in [4.78, 5) is 11.4. The summed E-state index contributed by atoms with van der Waals surface area (Å²) in [5, 5.41) is 0. The number of anilines is 1. The van der Waals surface area contributed by atoms with Crippen LogP contribution in [0.3, 0.4) is 0 Å². The Morgan fingerprint density at radius 2 is 2.14 bits per heavy atom. The summed E-state index contributed by atoms with van der Waals surface area (Å²) in [7, 11) is 0. The topological polar surface area (TPSA) is 61.2 Å². The Kier molecular flexibility index (Phi) is 1.84. The first kappa shape index (κ1) is 8.87. The van der Waals surface area contributed by atoms with Gasteiger partial charge in [0.2, 0.25) is 0 Å². The molecule has 0 amide bonds. The maximum absolute atomic E-state index is 11.4. The lowest BCUT2D eigenvalue weighted by Gasteiger charge is -2.04. The summed E-state index contributed by atoms with van der Waals surface area (Å²) in [6.07, 6.45) is 0. The van der Waals surface area contributed by atoms with Crippen molar-refractivity contribution < 1.29 is 4.42 Å².